The minimum absolute atomic E-state index is 0.635. The zero-order valence-corrected chi connectivity index (χ0v) is 12.6. The molecule has 0 aliphatic rings. The van der Waals surface area contributed by atoms with Gasteiger partial charge in [0.2, 0.25) is 5.16 Å². The van der Waals surface area contributed by atoms with Gasteiger partial charge in [-0.05, 0) is 40.3 Å². The molecular formula is C14H12ClN5S. The first-order valence-corrected chi connectivity index (χ1v) is 7.61. The number of thioether (sulfide) groups is 1. The van der Waals surface area contributed by atoms with E-state index < -0.39 is 0 Å². The third-order valence-corrected chi connectivity index (χ3v) is 4.11. The van der Waals surface area contributed by atoms with E-state index in [-0.39, 0.29) is 0 Å². The summed E-state index contributed by atoms with van der Waals surface area (Å²) in [5.41, 5.74) is 8.56. The summed E-state index contributed by atoms with van der Waals surface area (Å²) in [6.45, 7) is 0. The Hall–Kier alpha value is -2.05. The third-order valence-electron chi connectivity index (χ3n) is 2.91. The summed E-state index contributed by atoms with van der Waals surface area (Å²) in [4.78, 5) is 0. The van der Waals surface area contributed by atoms with E-state index in [1.807, 2.05) is 42.5 Å². The predicted molar refractivity (Wildman–Crippen MR) is 84.6 cm³/mol. The highest BCUT2D eigenvalue weighted by Gasteiger charge is 2.10. The number of para-hydroxylation sites is 1. The van der Waals surface area contributed by atoms with Gasteiger partial charge in [0.25, 0.3) is 0 Å². The van der Waals surface area contributed by atoms with Gasteiger partial charge in [0.05, 0.1) is 5.69 Å². The second-order valence-electron chi connectivity index (χ2n) is 4.34. The Balaban J connectivity index is 1.79. The second-order valence-corrected chi connectivity index (χ2v) is 5.72. The number of hydrogen-bond acceptors (Lipinski definition) is 5. The topological polar surface area (TPSA) is 69.6 Å². The van der Waals surface area contributed by atoms with E-state index in [2.05, 4.69) is 15.5 Å². The number of benzene rings is 2. The lowest BCUT2D eigenvalue weighted by Crippen LogP contribution is -1.99. The molecular weight excluding hydrogens is 306 g/mol. The average molecular weight is 318 g/mol. The molecule has 0 aliphatic carbocycles. The highest BCUT2D eigenvalue weighted by molar-refractivity contribution is 7.98. The molecule has 0 radical (unpaired) electrons. The van der Waals surface area contributed by atoms with Crippen molar-refractivity contribution >= 4 is 29.1 Å². The van der Waals surface area contributed by atoms with Crippen molar-refractivity contribution in [2.75, 3.05) is 5.73 Å². The largest absolute Gasteiger partial charge is 0.398 e. The zero-order chi connectivity index (χ0) is 14.7. The van der Waals surface area contributed by atoms with Crippen LogP contribution in [0.3, 0.4) is 0 Å². The number of anilines is 1. The molecule has 3 aromatic rings. The van der Waals surface area contributed by atoms with Gasteiger partial charge in [0.15, 0.2) is 0 Å². The first kappa shape index (κ1) is 13.9. The molecule has 0 atom stereocenters. The maximum Gasteiger partial charge on any atom is 0.214 e. The predicted octanol–water partition coefficient (Wildman–Crippen LogP) is 3.19. The fourth-order valence-corrected chi connectivity index (χ4v) is 2.93. The molecule has 5 nitrogen and oxygen atoms in total. The molecule has 2 aromatic carbocycles. The number of tetrazole rings is 1. The zero-order valence-electron chi connectivity index (χ0n) is 11.0. The van der Waals surface area contributed by atoms with Gasteiger partial charge in [-0.1, -0.05) is 47.6 Å². The van der Waals surface area contributed by atoms with Gasteiger partial charge in [-0.15, -0.1) is 5.10 Å². The molecule has 0 bridgehead atoms. The summed E-state index contributed by atoms with van der Waals surface area (Å²) < 4.78 is 1.71. The number of hydrogen-bond donors (Lipinski definition) is 1. The van der Waals surface area contributed by atoms with Crippen LogP contribution in [-0.2, 0) is 5.75 Å². The van der Waals surface area contributed by atoms with E-state index in [0.29, 0.717) is 16.5 Å². The van der Waals surface area contributed by atoms with Crippen LogP contribution in [0.15, 0.2) is 53.7 Å². The van der Waals surface area contributed by atoms with Crippen molar-refractivity contribution in [3.05, 3.63) is 59.1 Å². The van der Waals surface area contributed by atoms with Gasteiger partial charge in [-0.3, -0.25) is 0 Å². The molecule has 0 unspecified atom stereocenters. The third kappa shape index (κ3) is 3.17. The van der Waals surface area contributed by atoms with Crippen molar-refractivity contribution in [2.45, 2.75) is 10.9 Å². The number of halogens is 1. The van der Waals surface area contributed by atoms with Crippen LogP contribution in [0.4, 0.5) is 5.69 Å². The first-order valence-electron chi connectivity index (χ1n) is 6.24. The van der Waals surface area contributed by atoms with E-state index >= 15 is 0 Å². The Morgan fingerprint density at radius 3 is 2.71 bits per heavy atom. The smallest absolute Gasteiger partial charge is 0.214 e. The summed E-state index contributed by atoms with van der Waals surface area (Å²) in [5, 5.41) is 13.2. The fourth-order valence-electron chi connectivity index (χ4n) is 1.84. The molecule has 1 heterocycles. The maximum absolute atomic E-state index is 5.95. The summed E-state index contributed by atoms with van der Waals surface area (Å²) in [6, 6.07) is 15.3. The Bertz CT molecular complexity index is 744. The average Bonchev–Trinajstić information content (AvgIpc) is 2.96. The molecule has 7 heteroatoms. The van der Waals surface area contributed by atoms with Crippen molar-refractivity contribution in [3.63, 3.8) is 0 Å². The Morgan fingerprint density at radius 1 is 1.14 bits per heavy atom. The van der Waals surface area contributed by atoms with E-state index in [9.17, 15) is 0 Å². The molecule has 2 N–H and O–H groups in total. The monoisotopic (exact) mass is 317 g/mol. The van der Waals surface area contributed by atoms with Crippen molar-refractivity contribution in [1.29, 1.82) is 0 Å². The Kier molecular flexibility index (Phi) is 4.08. The molecule has 0 spiro atoms. The Morgan fingerprint density at radius 2 is 1.95 bits per heavy atom. The summed E-state index contributed by atoms with van der Waals surface area (Å²) >= 11 is 7.42. The molecule has 3 rings (SSSR count). The lowest BCUT2D eigenvalue weighted by Gasteiger charge is -2.06. The van der Waals surface area contributed by atoms with E-state index in [1.165, 1.54) is 11.8 Å². The van der Waals surface area contributed by atoms with Crippen LogP contribution in [0.2, 0.25) is 5.02 Å². The second kappa shape index (κ2) is 6.15. The quantitative estimate of drug-likeness (QED) is 0.591. The van der Waals surface area contributed by atoms with Gasteiger partial charge in [-0.2, -0.15) is 4.68 Å². The maximum atomic E-state index is 5.95. The van der Waals surface area contributed by atoms with Crippen molar-refractivity contribution < 1.29 is 0 Å². The number of nitrogens with zero attached hydrogens (tertiary/aromatic N) is 4. The highest BCUT2D eigenvalue weighted by atomic mass is 35.5. The van der Waals surface area contributed by atoms with Gasteiger partial charge in [-0.25, -0.2) is 0 Å². The molecule has 1 aromatic heterocycles. The van der Waals surface area contributed by atoms with E-state index in [4.69, 9.17) is 17.3 Å². The van der Waals surface area contributed by atoms with Gasteiger partial charge >= 0.3 is 0 Å². The van der Waals surface area contributed by atoms with E-state index in [1.54, 1.807) is 10.7 Å². The summed E-state index contributed by atoms with van der Waals surface area (Å²) in [6.07, 6.45) is 0. The minimum atomic E-state index is 0.635. The van der Waals surface area contributed by atoms with Crippen molar-refractivity contribution in [2.24, 2.45) is 0 Å². The van der Waals surface area contributed by atoms with Crippen molar-refractivity contribution in [1.82, 2.24) is 20.2 Å². The van der Waals surface area contributed by atoms with Gasteiger partial charge < -0.3 is 5.73 Å². The van der Waals surface area contributed by atoms with E-state index in [0.717, 1.165) is 16.4 Å². The molecule has 0 saturated heterocycles. The number of aromatic nitrogens is 4. The minimum Gasteiger partial charge on any atom is -0.398 e. The summed E-state index contributed by atoms with van der Waals surface area (Å²) in [7, 11) is 0. The summed E-state index contributed by atoms with van der Waals surface area (Å²) in [5.74, 6) is 0.677. The van der Waals surface area contributed by atoms with Crippen LogP contribution in [0.25, 0.3) is 5.69 Å². The van der Waals surface area contributed by atoms with Crippen LogP contribution in [-0.4, -0.2) is 20.2 Å². The van der Waals surface area contributed by atoms with Crippen LogP contribution in [0, 0.1) is 0 Å². The molecule has 0 amide bonds. The SMILES string of the molecule is Nc1cc(Cl)ccc1CSc1nnnn1-c1ccccc1. The number of nitrogen functional groups attached to an aromatic ring is 1. The van der Waals surface area contributed by atoms with Crippen molar-refractivity contribution in [3.8, 4) is 5.69 Å². The molecule has 0 saturated carbocycles. The normalized spacial score (nSPS) is 10.7. The standard InChI is InChI=1S/C14H12ClN5S/c15-11-7-6-10(13(16)8-11)9-21-14-17-18-19-20(14)12-4-2-1-3-5-12/h1-8H,9,16H2. The molecule has 0 aliphatic heterocycles. The lowest BCUT2D eigenvalue weighted by atomic mass is 10.2. The first-order chi connectivity index (χ1) is 10.2. The number of rotatable bonds is 4. The van der Waals surface area contributed by atoms with Gasteiger partial charge in [0, 0.05) is 16.5 Å². The highest BCUT2D eigenvalue weighted by Crippen LogP contribution is 2.26. The molecule has 21 heavy (non-hydrogen) atoms. The van der Waals surface area contributed by atoms with Gasteiger partial charge in [0.1, 0.15) is 0 Å². The Labute approximate surface area is 131 Å². The molecule has 106 valence electrons. The van der Waals surface area contributed by atoms with Crippen LogP contribution in [0.1, 0.15) is 5.56 Å². The van der Waals surface area contributed by atoms with Crippen LogP contribution >= 0.6 is 23.4 Å². The fraction of sp³-hybridized carbons (Fsp3) is 0.0714. The van der Waals surface area contributed by atoms with Crippen LogP contribution in [0.5, 0.6) is 0 Å². The number of nitrogens with two attached hydrogens (primary N) is 1. The van der Waals surface area contributed by atoms with Crippen LogP contribution < -0.4 is 5.73 Å². The molecule has 0 fully saturated rings. The lowest BCUT2D eigenvalue weighted by molar-refractivity contribution is 0.756.